The largest absolute Gasteiger partial charge is 0.231 e. The Bertz CT molecular complexity index is 349. The van der Waals surface area contributed by atoms with Crippen LogP contribution in [0.2, 0.25) is 0 Å². The van der Waals surface area contributed by atoms with Crippen LogP contribution in [0.3, 0.4) is 0 Å². The molecule has 0 fully saturated rings. The van der Waals surface area contributed by atoms with Crippen LogP contribution in [0, 0.1) is 10.8 Å². The molecule has 0 saturated heterocycles. The van der Waals surface area contributed by atoms with Gasteiger partial charge in [-0.05, 0) is 0 Å². The Hall–Kier alpha value is -2.80. The Balaban J connectivity index is -0.000000105. The van der Waals surface area contributed by atoms with Crippen LogP contribution in [0.25, 0.3) is 0 Å². The minimum absolute atomic E-state index is 0.750. The zero-order valence-electron chi connectivity index (χ0n) is 15.2. The third-order valence-corrected chi connectivity index (χ3v) is 1.33. The van der Waals surface area contributed by atoms with E-state index >= 15 is 0 Å². The summed E-state index contributed by atoms with van der Waals surface area (Å²) in [6.45, 7) is 8.50. The normalized spacial score (nSPS) is 6.17. The Kier molecular flexibility index (Phi) is 52.1. The Morgan fingerprint density at radius 1 is 0.500 bits per heavy atom. The number of rotatable bonds is 0. The van der Waals surface area contributed by atoms with Crippen molar-refractivity contribution in [3.63, 3.8) is 0 Å². The van der Waals surface area contributed by atoms with Crippen molar-refractivity contribution in [1.29, 1.82) is 10.8 Å². The van der Waals surface area contributed by atoms with Crippen LogP contribution in [0.4, 0.5) is 0 Å². The highest BCUT2D eigenvalue weighted by atomic mass is 16.1. The average molecular weight is 330 g/mol. The van der Waals surface area contributed by atoms with Crippen LogP contribution in [-0.2, 0) is 9.59 Å². The molecule has 0 aliphatic carbocycles. The lowest BCUT2D eigenvalue weighted by Crippen LogP contribution is -1.47. The fourth-order valence-corrected chi connectivity index (χ4v) is 0.770. The van der Waals surface area contributed by atoms with Crippen molar-refractivity contribution in [2.75, 3.05) is 0 Å². The predicted molar refractivity (Wildman–Crippen MR) is 102 cm³/mol. The molecule has 2 rings (SSSR count). The van der Waals surface area contributed by atoms with Crippen molar-refractivity contribution in [2.24, 2.45) is 0 Å². The van der Waals surface area contributed by atoms with Gasteiger partial charge in [-0.2, -0.15) is 0 Å². The van der Waals surface area contributed by atoms with E-state index in [0.717, 1.165) is 12.2 Å². The lowest BCUT2D eigenvalue weighted by molar-refractivity contribution is 0.562. The third kappa shape index (κ3) is 75.1. The molecule has 0 radical (unpaired) electrons. The summed E-state index contributed by atoms with van der Waals surface area (Å²) in [7, 11) is 0. The summed E-state index contributed by atoms with van der Waals surface area (Å²) in [6.07, 6.45) is 4.00. The first kappa shape index (κ1) is 29.2. The molecule has 0 aliphatic heterocycles. The predicted octanol–water partition coefficient (Wildman–Crippen LogP) is 6.01. The molecule has 0 aliphatic rings. The molecule has 4 heteroatoms. The molecule has 0 amide bonds. The first-order chi connectivity index (χ1) is 11.7. The smallest absolute Gasteiger partial charge is 0.222 e. The molecule has 2 aromatic rings. The first-order valence-electron chi connectivity index (χ1n) is 7.74. The second-order valence-corrected chi connectivity index (χ2v) is 3.93. The Morgan fingerprint density at radius 3 is 0.583 bits per heavy atom. The molecule has 0 bridgehead atoms. The average Bonchev–Trinajstić information content (AvgIpc) is 2.61. The molecule has 0 aromatic heterocycles. The molecule has 2 aromatic carbocycles. The van der Waals surface area contributed by atoms with Gasteiger partial charge in [0.15, 0.2) is 0 Å². The van der Waals surface area contributed by atoms with E-state index in [1.165, 1.54) is 12.8 Å². The number of nitrogens with one attached hydrogen (secondary N) is 2. The number of hydrogen-bond donors (Lipinski definition) is 2. The molecular weight excluding hydrogens is 300 g/mol. The third-order valence-electron chi connectivity index (χ3n) is 1.33. The van der Waals surface area contributed by atoms with Gasteiger partial charge in [-0.3, -0.25) is 0 Å². The molecule has 0 heterocycles. The van der Waals surface area contributed by atoms with Gasteiger partial charge in [-0.1, -0.05) is 113 Å². The molecular formula is C20H30N2O2. The lowest BCUT2D eigenvalue weighted by atomic mass is 10.4. The summed E-state index contributed by atoms with van der Waals surface area (Å²) in [5.74, 6) is 0. The summed E-state index contributed by atoms with van der Waals surface area (Å²) >= 11 is 0. The van der Waals surface area contributed by atoms with Crippen molar-refractivity contribution >= 4 is 12.2 Å². The molecule has 4 nitrogen and oxygen atoms in total. The molecule has 2 N–H and O–H groups in total. The van der Waals surface area contributed by atoms with Crippen LogP contribution in [-0.4, -0.2) is 12.2 Å². The first-order valence-corrected chi connectivity index (χ1v) is 7.74. The van der Waals surface area contributed by atoms with Crippen LogP contribution >= 0.6 is 0 Å². The van der Waals surface area contributed by atoms with Gasteiger partial charge in [0.1, 0.15) is 0 Å². The standard InChI is InChI=1S/2C6H6.2C3H8.2CHNO/c2*1-2-4-6-5-3-1;2*1-3-2;2*2-1-3/h2*1-6H;2*3H2,1-2H3;2*2H. The van der Waals surface area contributed by atoms with Gasteiger partial charge in [-0.15, -0.1) is 0 Å². The van der Waals surface area contributed by atoms with Crippen molar-refractivity contribution in [3.05, 3.63) is 72.8 Å². The van der Waals surface area contributed by atoms with E-state index in [9.17, 15) is 0 Å². The molecule has 24 heavy (non-hydrogen) atoms. The van der Waals surface area contributed by atoms with E-state index in [1.807, 2.05) is 72.8 Å². The maximum atomic E-state index is 8.35. The van der Waals surface area contributed by atoms with Crippen LogP contribution in [0.15, 0.2) is 72.8 Å². The maximum absolute atomic E-state index is 8.35. The van der Waals surface area contributed by atoms with E-state index in [2.05, 4.69) is 27.7 Å². The maximum Gasteiger partial charge on any atom is 0.231 e. The zero-order valence-corrected chi connectivity index (χ0v) is 15.2. The number of carbonyl (C=O) groups excluding carboxylic acids is 2. The second-order valence-electron chi connectivity index (χ2n) is 3.93. The Labute approximate surface area is 146 Å². The fourth-order valence-electron chi connectivity index (χ4n) is 0.770. The SMILES string of the molecule is CCC.CCC.N=C=O.N=C=O.c1ccccc1.c1ccccc1. The summed E-state index contributed by atoms with van der Waals surface area (Å²) in [4.78, 5) is 16.7. The Morgan fingerprint density at radius 2 is 0.542 bits per heavy atom. The summed E-state index contributed by atoms with van der Waals surface area (Å²) in [5.41, 5.74) is 0. The second kappa shape index (κ2) is 42.7. The summed E-state index contributed by atoms with van der Waals surface area (Å²) in [6, 6.07) is 24.0. The molecule has 0 atom stereocenters. The minimum Gasteiger partial charge on any atom is -0.222 e. The molecule has 132 valence electrons. The van der Waals surface area contributed by atoms with Crippen LogP contribution in [0.5, 0.6) is 0 Å². The fraction of sp³-hybridized carbons (Fsp3) is 0.300. The quantitative estimate of drug-likeness (QED) is 0.458. The van der Waals surface area contributed by atoms with Crippen molar-refractivity contribution < 1.29 is 9.59 Å². The highest BCUT2D eigenvalue weighted by molar-refractivity contribution is 5.26. The number of isocyanates is 2. The topological polar surface area (TPSA) is 81.8 Å². The highest BCUT2D eigenvalue weighted by Crippen LogP contribution is 1.80. The summed E-state index contributed by atoms with van der Waals surface area (Å²) in [5, 5.41) is 10.8. The monoisotopic (exact) mass is 330 g/mol. The van der Waals surface area contributed by atoms with Gasteiger partial charge in [0.2, 0.25) is 12.2 Å². The van der Waals surface area contributed by atoms with Gasteiger partial charge in [-0.25, -0.2) is 20.4 Å². The number of hydrogen-bond acceptors (Lipinski definition) is 4. The number of benzene rings is 2. The highest BCUT2D eigenvalue weighted by Gasteiger charge is 1.58. The van der Waals surface area contributed by atoms with E-state index in [1.54, 1.807) is 0 Å². The van der Waals surface area contributed by atoms with E-state index in [0.29, 0.717) is 0 Å². The minimum atomic E-state index is 0.750. The van der Waals surface area contributed by atoms with Crippen LogP contribution < -0.4 is 0 Å². The van der Waals surface area contributed by atoms with Gasteiger partial charge in [0.05, 0.1) is 0 Å². The van der Waals surface area contributed by atoms with E-state index in [4.69, 9.17) is 20.4 Å². The molecule has 0 spiro atoms. The zero-order chi connectivity index (χ0) is 19.3. The lowest BCUT2D eigenvalue weighted by Gasteiger charge is -1.69. The van der Waals surface area contributed by atoms with Crippen molar-refractivity contribution in [1.82, 2.24) is 0 Å². The molecule has 0 unspecified atom stereocenters. The van der Waals surface area contributed by atoms with Gasteiger partial charge in [0.25, 0.3) is 0 Å². The van der Waals surface area contributed by atoms with Gasteiger partial charge in [0, 0.05) is 0 Å². The van der Waals surface area contributed by atoms with Crippen molar-refractivity contribution in [3.8, 4) is 0 Å². The summed E-state index contributed by atoms with van der Waals surface area (Å²) < 4.78 is 0. The van der Waals surface area contributed by atoms with Gasteiger partial charge < -0.3 is 0 Å². The van der Waals surface area contributed by atoms with E-state index < -0.39 is 0 Å². The van der Waals surface area contributed by atoms with Crippen LogP contribution in [0.1, 0.15) is 40.5 Å². The van der Waals surface area contributed by atoms with Gasteiger partial charge >= 0.3 is 0 Å². The van der Waals surface area contributed by atoms with Crippen molar-refractivity contribution in [2.45, 2.75) is 40.5 Å². The molecule has 0 saturated carbocycles. The van der Waals surface area contributed by atoms with E-state index in [-0.39, 0.29) is 0 Å².